The van der Waals surface area contributed by atoms with Crippen LogP contribution in [0.5, 0.6) is 5.75 Å². The normalized spacial score (nSPS) is 16.8. The smallest absolute Gasteiger partial charge is 0.229 e. The van der Waals surface area contributed by atoms with E-state index in [0.717, 1.165) is 23.5 Å². The largest absolute Gasteiger partial charge is 0.497 e. The number of anilines is 2. The van der Waals surface area contributed by atoms with Crippen molar-refractivity contribution in [3.63, 3.8) is 0 Å². The predicted molar refractivity (Wildman–Crippen MR) is 97.9 cm³/mol. The number of methoxy groups -OCH3 is 1. The number of aryl methyl sites for hydroxylation is 1. The minimum Gasteiger partial charge on any atom is -0.497 e. The van der Waals surface area contributed by atoms with Gasteiger partial charge in [-0.05, 0) is 48.4 Å². The van der Waals surface area contributed by atoms with Gasteiger partial charge < -0.3 is 15.0 Å². The number of ether oxygens (including phenoxy) is 1. The second-order valence-corrected chi connectivity index (χ2v) is 6.14. The second kappa shape index (κ2) is 7.38. The zero-order chi connectivity index (χ0) is 17.8. The predicted octanol–water partition coefficient (Wildman–Crippen LogP) is 3.25. The molecule has 25 heavy (non-hydrogen) atoms. The topological polar surface area (TPSA) is 58.6 Å². The van der Waals surface area contributed by atoms with Crippen LogP contribution in [0.15, 0.2) is 48.5 Å². The maximum atomic E-state index is 12.5. The van der Waals surface area contributed by atoms with Gasteiger partial charge in [-0.15, -0.1) is 0 Å². The van der Waals surface area contributed by atoms with E-state index in [1.807, 2.05) is 48.5 Å². The highest BCUT2D eigenvalue weighted by Gasteiger charge is 2.35. The Labute approximate surface area is 147 Å². The average molecular weight is 338 g/mol. The summed E-state index contributed by atoms with van der Waals surface area (Å²) >= 11 is 0. The third-order valence-electron chi connectivity index (χ3n) is 4.51. The highest BCUT2D eigenvalue weighted by atomic mass is 16.5. The van der Waals surface area contributed by atoms with Crippen LogP contribution in [-0.2, 0) is 16.0 Å². The van der Waals surface area contributed by atoms with Crippen LogP contribution in [0.25, 0.3) is 0 Å². The maximum Gasteiger partial charge on any atom is 0.229 e. The number of nitrogens with one attached hydrogen (secondary N) is 1. The van der Waals surface area contributed by atoms with Crippen molar-refractivity contribution in [2.45, 2.75) is 19.8 Å². The number of rotatable bonds is 5. The van der Waals surface area contributed by atoms with Gasteiger partial charge in [-0.3, -0.25) is 9.59 Å². The summed E-state index contributed by atoms with van der Waals surface area (Å²) in [6, 6.07) is 15.1. The minimum absolute atomic E-state index is 0.0355. The molecule has 0 radical (unpaired) electrons. The fourth-order valence-corrected chi connectivity index (χ4v) is 2.96. The maximum absolute atomic E-state index is 12.5. The lowest BCUT2D eigenvalue weighted by Gasteiger charge is -2.17. The van der Waals surface area contributed by atoms with E-state index < -0.39 is 0 Å². The SMILES string of the molecule is CCc1ccc(NC(=O)C2CC(=O)N(c3ccc(OC)cc3)C2)cc1. The van der Waals surface area contributed by atoms with Crippen LogP contribution in [0.2, 0.25) is 0 Å². The van der Waals surface area contributed by atoms with E-state index >= 15 is 0 Å². The van der Waals surface area contributed by atoms with Gasteiger partial charge in [0, 0.05) is 24.3 Å². The van der Waals surface area contributed by atoms with E-state index in [9.17, 15) is 9.59 Å². The van der Waals surface area contributed by atoms with Crippen LogP contribution in [0.3, 0.4) is 0 Å². The summed E-state index contributed by atoms with van der Waals surface area (Å²) in [6.45, 7) is 2.48. The van der Waals surface area contributed by atoms with Crippen molar-refractivity contribution >= 4 is 23.2 Å². The summed E-state index contributed by atoms with van der Waals surface area (Å²) in [6.07, 6.45) is 1.19. The third-order valence-corrected chi connectivity index (χ3v) is 4.51. The molecule has 1 N–H and O–H groups in total. The Kier molecular flexibility index (Phi) is 5.03. The van der Waals surface area contributed by atoms with Crippen molar-refractivity contribution in [1.29, 1.82) is 0 Å². The molecule has 3 rings (SSSR count). The molecule has 2 amide bonds. The van der Waals surface area contributed by atoms with Crippen molar-refractivity contribution in [2.24, 2.45) is 5.92 Å². The highest BCUT2D eigenvalue weighted by Crippen LogP contribution is 2.27. The average Bonchev–Trinajstić information content (AvgIpc) is 3.04. The minimum atomic E-state index is -0.347. The molecule has 1 fully saturated rings. The Bertz CT molecular complexity index is 754. The molecule has 2 aromatic rings. The Hall–Kier alpha value is -2.82. The molecular formula is C20H22N2O3. The lowest BCUT2D eigenvalue weighted by molar-refractivity contribution is -0.122. The summed E-state index contributed by atoms with van der Waals surface area (Å²) in [5.41, 5.74) is 2.77. The molecule has 5 heteroatoms. The van der Waals surface area contributed by atoms with Crippen LogP contribution in [-0.4, -0.2) is 25.5 Å². The Balaban J connectivity index is 1.65. The van der Waals surface area contributed by atoms with Crippen LogP contribution in [0.4, 0.5) is 11.4 Å². The number of nitrogens with zero attached hydrogens (tertiary/aromatic N) is 1. The number of carbonyl (C=O) groups is 2. The summed E-state index contributed by atoms with van der Waals surface area (Å²) in [5.74, 6) is 0.237. The first kappa shape index (κ1) is 17.0. The molecular weight excluding hydrogens is 316 g/mol. The fourth-order valence-electron chi connectivity index (χ4n) is 2.96. The van der Waals surface area contributed by atoms with Crippen molar-refractivity contribution in [3.8, 4) is 5.75 Å². The number of hydrogen-bond donors (Lipinski definition) is 1. The van der Waals surface area contributed by atoms with Crippen LogP contribution >= 0.6 is 0 Å². The molecule has 0 saturated carbocycles. The van der Waals surface area contributed by atoms with Crippen LogP contribution in [0, 0.1) is 5.92 Å². The first-order valence-corrected chi connectivity index (χ1v) is 8.45. The lowest BCUT2D eigenvalue weighted by atomic mass is 10.1. The standard InChI is InChI=1S/C20H22N2O3/c1-3-14-4-6-16(7-5-14)21-20(24)15-12-19(23)22(13-15)17-8-10-18(25-2)11-9-17/h4-11,15H,3,12-13H2,1-2H3,(H,21,24). The molecule has 1 unspecified atom stereocenters. The van der Waals surface area contributed by atoms with E-state index in [-0.39, 0.29) is 24.2 Å². The van der Waals surface area contributed by atoms with Gasteiger partial charge in [0.25, 0.3) is 0 Å². The first-order valence-electron chi connectivity index (χ1n) is 8.45. The zero-order valence-electron chi connectivity index (χ0n) is 14.5. The molecule has 1 aliphatic heterocycles. The number of benzene rings is 2. The van der Waals surface area contributed by atoms with Gasteiger partial charge in [-0.25, -0.2) is 0 Å². The highest BCUT2D eigenvalue weighted by molar-refractivity contribution is 6.03. The lowest BCUT2D eigenvalue weighted by Crippen LogP contribution is -2.28. The fraction of sp³-hybridized carbons (Fsp3) is 0.300. The molecule has 2 aromatic carbocycles. The first-order chi connectivity index (χ1) is 12.1. The number of hydrogen-bond acceptors (Lipinski definition) is 3. The number of amides is 2. The second-order valence-electron chi connectivity index (χ2n) is 6.14. The molecule has 0 spiro atoms. The Morgan fingerprint density at radius 2 is 1.84 bits per heavy atom. The van der Waals surface area contributed by atoms with E-state index in [0.29, 0.717) is 6.54 Å². The zero-order valence-corrected chi connectivity index (χ0v) is 14.5. The van der Waals surface area contributed by atoms with Gasteiger partial charge in [-0.1, -0.05) is 19.1 Å². The van der Waals surface area contributed by atoms with Crippen molar-refractivity contribution < 1.29 is 14.3 Å². The molecule has 0 aliphatic carbocycles. The van der Waals surface area contributed by atoms with Gasteiger partial charge >= 0.3 is 0 Å². The molecule has 1 saturated heterocycles. The molecule has 130 valence electrons. The van der Waals surface area contributed by atoms with Crippen molar-refractivity contribution in [3.05, 3.63) is 54.1 Å². The quantitative estimate of drug-likeness (QED) is 0.910. The van der Waals surface area contributed by atoms with Crippen molar-refractivity contribution in [2.75, 3.05) is 23.9 Å². The van der Waals surface area contributed by atoms with Gasteiger partial charge in [-0.2, -0.15) is 0 Å². The van der Waals surface area contributed by atoms with Crippen LogP contribution < -0.4 is 15.0 Å². The summed E-state index contributed by atoms with van der Waals surface area (Å²) < 4.78 is 5.13. The summed E-state index contributed by atoms with van der Waals surface area (Å²) in [4.78, 5) is 26.4. The number of carbonyl (C=O) groups excluding carboxylic acids is 2. The van der Waals surface area contributed by atoms with Gasteiger partial charge in [0.1, 0.15) is 5.75 Å². The monoisotopic (exact) mass is 338 g/mol. The third kappa shape index (κ3) is 3.82. The van der Waals surface area contributed by atoms with Gasteiger partial charge in [0.15, 0.2) is 0 Å². The molecule has 0 aromatic heterocycles. The molecule has 1 heterocycles. The van der Waals surface area contributed by atoms with Crippen molar-refractivity contribution in [1.82, 2.24) is 0 Å². The molecule has 1 atom stereocenters. The van der Waals surface area contributed by atoms with Crippen LogP contribution in [0.1, 0.15) is 18.9 Å². The van der Waals surface area contributed by atoms with E-state index in [4.69, 9.17) is 4.74 Å². The molecule has 1 aliphatic rings. The van der Waals surface area contributed by atoms with E-state index in [1.54, 1.807) is 12.0 Å². The van der Waals surface area contributed by atoms with E-state index in [1.165, 1.54) is 5.56 Å². The van der Waals surface area contributed by atoms with Gasteiger partial charge in [0.2, 0.25) is 11.8 Å². The van der Waals surface area contributed by atoms with E-state index in [2.05, 4.69) is 12.2 Å². The molecule has 5 nitrogen and oxygen atoms in total. The summed E-state index contributed by atoms with van der Waals surface area (Å²) in [5, 5.41) is 2.91. The molecule has 0 bridgehead atoms. The Morgan fingerprint density at radius 3 is 2.44 bits per heavy atom. The Morgan fingerprint density at radius 1 is 1.16 bits per heavy atom. The van der Waals surface area contributed by atoms with Gasteiger partial charge in [0.05, 0.1) is 13.0 Å². The summed E-state index contributed by atoms with van der Waals surface area (Å²) in [7, 11) is 1.60.